The van der Waals surface area contributed by atoms with E-state index in [0.29, 0.717) is 45.7 Å². The zero-order chi connectivity index (χ0) is 28.9. The lowest BCUT2D eigenvalue weighted by Gasteiger charge is -2.41. The molecule has 2 heterocycles. The standard InChI is InChI=1S/C32H41N5O3S/c1-21(2)30(33)41-31(34)22-10-12-27(13-11-22)40-28-19-23(8-9-24(28)20-37-16-4-7-29(37)38)32(39)35-25-14-17-36(18-15-25)26-5-3-6-26/h8-13,19,21,25-26,33-34H,3-7,14-18,20H2,1-2H3,(H,35,39). The van der Waals surface area contributed by atoms with E-state index in [4.69, 9.17) is 15.6 Å². The van der Waals surface area contributed by atoms with Gasteiger partial charge in [-0.1, -0.05) is 38.1 Å². The number of hydrogen-bond donors (Lipinski definition) is 3. The van der Waals surface area contributed by atoms with Crippen molar-refractivity contribution in [3.63, 3.8) is 0 Å². The second kappa shape index (κ2) is 13.2. The first-order valence-corrected chi connectivity index (χ1v) is 15.7. The molecule has 5 rings (SSSR count). The Bertz CT molecular complexity index is 1280. The maximum Gasteiger partial charge on any atom is 0.251 e. The first kappa shape index (κ1) is 29.3. The Hall–Kier alpha value is -3.17. The summed E-state index contributed by atoms with van der Waals surface area (Å²) >= 11 is 1.16. The van der Waals surface area contributed by atoms with Crippen molar-refractivity contribution in [1.82, 2.24) is 15.1 Å². The molecule has 0 unspecified atom stereocenters. The number of benzene rings is 2. The van der Waals surface area contributed by atoms with Crippen LogP contribution in [0.3, 0.4) is 0 Å². The molecule has 3 aliphatic rings. The van der Waals surface area contributed by atoms with Crippen molar-refractivity contribution in [2.45, 2.75) is 77.4 Å². The molecule has 1 aliphatic carbocycles. The second-order valence-corrected chi connectivity index (χ2v) is 12.7. The molecule has 2 amide bonds. The van der Waals surface area contributed by atoms with Gasteiger partial charge in [-0.2, -0.15) is 0 Å². The van der Waals surface area contributed by atoms with Gasteiger partial charge in [-0.25, -0.2) is 0 Å². The predicted octanol–water partition coefficient (Wildman–Crippen LogP) is 6.04. The molecule has 0 radical (unpaired) electrons. The van der Waals surface area contributed by atoms with Crippen LogP contribution in [0, 0.1) is 16.7 Å². The predicted molar refractivity (Wildman–Crippen MR) is 164 cm³/mol. The highest BCUT2D eigenvalue weighted by atomic mass is 32.2. The van der Waals surface area contributed by atoms with E-state index in [0.717, 1.165) is 62.3 Å². The van der Waals surface area contributed by atoms with E-state index in [1.54, 1.807) is 18.2 Å². The van der Waals surface area contributed by atoms with Gasteiger partial charge in [0, 0.05) is 67.3 Å². The molecule has 0 bridgehead atoms. The Morgan fingerprint density at radius 2 is 1.71 bits per heavy atom. The molecule has 41 heavy (non-hydrogen) atoms. The Morgan fingerprint density at radius 1 is 1.00 bits per heavy atom. The van der Waals surface area contributed by atoms with Crippen LogP contribution >= 0.6 is 11.8 Å². The van der Waals surface area contributed by atoms with Crippen LogP contribution in [-0.2, 0) is 11.3 Å². The van der Waals surface area contributed by atoms with E-state index in [1.807, 2.05) is 43.0 Å². The molecular formula is C32H41N5O3S. The number of nitrogens with one attached hydrogen (secondary N) is 3. The molecular weight excluding hydrogens is 534 g/mol. The van der Waals surface area contributed by atoms with E-state index in [1.165, 1.54) is 19.3 Å². The monoisotopic (exact) mass is 575 g/mol. The number of rotatable bonds is 9. The zero-order valence-electron chi connectivity index (χ0n) is 24.1. The number of carbonyl (C=O) groups is 2. The van der Waals surface area contributed by atoms with E-state index < -0.39 is 0 Å². The molecule has 1 saturated carbocycles. The smallest absolute Gasteiger partial charge is 0.251 e. The number of thioether (sulfide) groups is 1. The quantitative estimate of drug-likeness (QED) is 0.250. The Balaban J connectivity index is 1.28. The molecule has 0 aromatic heterocycles. The maximum absolute atomic E-state index is 13.3. The van der Waals surface area contributed by atoms with Crippen molar-refractivity contribution in [2.24, 2.45) is 5.92 Å². The van der Waals surface area contributed by atoms with Gasteiger partial charge in [0.25, 0.3) is 5.91 Å². The van der Waals surface area contributed by atoms with Crippen molar-refractivity contribution in [3.05, 3.63) is 59.2 Å². The van der Waals surface area contributed by atoms with Crippen molar-refractivity contribution in [1.29, 1.82) is 10.8 Å². The summed E-state index contributed by atoms with van der Waals surface area (Å²) in [6.07, 6.45) is 7.31. The van der Waals surface area contributed by atoms with E-state index in [9.17, 15) is 9.59 Å². The average molecular weight is 576 g/mol. The van der Waals surface area contributed by atoms with Crippen molar-refractivity contribution in [3.8, 4) is 11.5 Å². The summed E-state index contributed by atoms with van der Waals surface area (Å²) < 4.78 is 6.30. The highest BCUT2D eigenvalue weighted by Gasteiger charge is 2.29. The SMILES string of the molecule is CC(C)C(=N)SC(=N)c1ccc(Oc2cc(C(=O)NC3CCN(C4CCC4)CC3)ccc2CN2CCCC2=O)cc1. The molecule has 0 atom stereocenters. The van der Waals surface area contributed by atoms with Crippen LogP contribution < -0.4 is 10.1 Å². The van der Waals surface area contributed by atoms with Gasteiger partial charge in [-0.3, -0.25) is 20.4 Å². The number of hydrogen-bond acceptors (Lipinski definition) is 7. The van der Waals surface area contributed by atoms with Gasteiger partial charge < -0.3 is 19.9 Å². The van der Waals surface area contributed by atoms with E-state index in [-0.39, 0.29) is 23.8 Å². The van der Waals surface area contributed by atoms with Gasteiger partial charge >= 0.3 is 0 Å². The third kappa shape index (κ3) is 7.38. The number of amides is 2. The molecule has 9 heteroatoms. The average Bonchev–Trinajstić information content (AvgIpc) is 3.34. The lowest BCUT2D eigenvalue weighted by atomic mass is 9.89. The summed E-state index contributed by atoms with van der Waals surface area (Å²) in [5.74, 6) is 1.25. The summed E-state index contributed by atoms with van der Waals surface area (Å²) in [5.41, 5.74) is 2.11. The number of likely N-dealkylation sites (tertiary alicyclic amines) is 2. The maximum atomic E-state index is 13.3. The molecule has 8 nitrogen and oxygen atoms in total. The third-order valence-electron chi connectivity index (χ3n) is 8.40. The number of ether oxygens (including phenoxy) is 1. The lowest BCUT2D eigenvalue weighted by Crippen LogP contribution is -2.49. The molecule has 2 aromatic rings. The number of carbonyl (C=O) groups excluding carboxylic acids is 2. The van der Waals surface area contributed by atoms with Crippen molar-refractivity contribution < 1.29 is 14.3 Å². The first-order chi connectivity index (χ1) is 19.8. The van der Waals surface area contributed by atoms with Gasteiger partial charge in [-0.15, -0.1) is 0 Å². The van der Waals surface area contributed by atoms with Crippen LogP contribution in [-0.4, -0.2) is 63.4 Å². The van der Waals surface area contributed by atoms with Crippen molar-refractivity contribution >= 4 is 33.7 Å². The molecule has 2 aliphatic heterocycles. The summed E-state index contributed by atoms with van der Waals surface area (Å²) in [6.45, 7) is 7.13. The second-order valence-electron chi connectivity index (χ2n) is 11.7. The Kier molecular flexibility index (Phi) is 9.45. The summed E-state index contributed by atoms with van der Waals surface area (Å²) in [7, 11) is 0. The number of nitrogens with zero attached hydrogens (tertiary/aromatic N) is 2. The molecule has 218 valence electrons. The number of piperidine rings is 1. The fourth-order valence-corrected chi connectivity index (χ4v) is 6.23. The Morgan fingerprint density at radius 3 is 2.32 bits per heavy atom. The van der Waals surface area contributed by atoms with Crippen molar-refractivity contribution in [2.75, 3.05) is 19.6 Å². The van der Waals surface area contributed by atoms with Gasteiger partial charge in [0.05, 0.1) is 5.04 Å². The Labute approximate surface area is 247 Å². The fraction of sp³-hybridized carbons (Fsp3) is 0.500. The van der Waals surface area contributed by atoms with Crippen LogP contribution in [0.5, 0.6) is 11.5 Å². The molecule has 3 N–H and O–H groups in total. The summed E-state index contributed by atoms with van der Waals surface area (Å²) in [5, 5.41) is 20.4. The minimum absolute atomic E-state index is 0.0773. The highest BCUT2D eigenvalue weighted by Crippen LogP contribution is 2.31. The molecule has 3 fully saturated rings. The van der Waals surface area contributed by atoms with Crippen LogP contribution in [0.1, 0.15) is 80.3 Å². The third-order valence-corrected chi connectivity index (χ3v) is 9.53. The van der Waals surface area contributed by atoms with E-state index >= 15 is 0 Å². The van der Waals surface area contributed by atoms with E-state index in [2.05, 4.69) is 10.2 Å². The van der Waals surface area contributed by atoms with Gasteiger partial charge in [0.2, 0.25) is 5.91 Å². The van der Waals surface area contributed by atoms with Crippen LogP contribution in [0.25, 0.3) is 0 Å². The zero-order valence-corrected chi connectivity index (χ0v) is 24.9. The minimum Gasteiger partial charge on any atom is -0.457 e. The fourth-order valence-electron chi connectivity index (χ4n) is 5.52. The first-order valence-electron chi connectivity index (χ1n) is 14.9. The van der Waals surface area contributed by atoms with Gasteiger partial charge in [0.1, 0.15) is 16.5 Å². The van der Waals surface area contributed by atoms with Gasteiger partial charge in [-0.05, 0) is 68.5 Å². The summed E-state index contributed by atoms with van der Waals surface area (Å²) in [4.78, 5) is 30.0. The lowest BCUT2D eigenvalue weighted by molar-refractivity contribution is -0.128. The minimum atomic E-state index is -0.103. The van der Waals surface area contributed by atoms with Gasteiger partial charge in [0.15, 0.2) is 0 Å². The van der Waals surface area contributed by atoms with Crippen LogP contribution in [0.4, 0.5) is 0 Å². The van der Waals surface area contributed by atoms with Crippen LogP contribution in [0.15, 0.2) is 42.5 Å². The normalized spacial score (nSPS) is 18.4. The topological polar surface area (TPSA) is 110 Å². The molecule has 2 saturated heterocycles. The summed E-state index contributed by atoms with van der Waals surface area (Å²) in [6, 6.07) is 13.7. The molecule has 2 aromatic carbocycles. The highest BCUT2D eigenvalue weighted by molar-refractivity contribution is 8.26. The van der Waals surface area contributed by atoms with Crippen LogP contribution in [0.2, 0.25) is 0 Å². The molecule has 0 spiro atoms. The largest absolute Gasteiger partial charge is 0.457 e.